The van der Waals surface area contributed by atoms with Crippen molar-refractivity contribution in [2.45, 2.75) is 71.1 Å². The monoisotopic (exact) mass is 334 g/mol. The van der Waals surface area contributed by atoms with Gasteiger partial charge in [-0.05, 0) is 89.8 Å². The molecule has 2 aliphatic rings. The highest BCUT2D eigenvalue weighted by Crippen LogP contribution is 2.44. The summed E-state index contributed by atoms with van der Waals surface area (Å²) >= 11 is 0. The molecule has 0 saturated carbocycles. The Kier molecular flexibility index (Phi) is 4.14. The molecule has 0 aliphatic heterocycles. The van der Waals surface area contributed by atoms with E-state index in [4.69, 9.17) is 4.74 Å². The summed E-state index contributed by atoms with van der Waals surface area (Å²) in [7, 11) is 1.82. The predicted octanol–water partition coefficient (Wildman–Crippen LogP) is 6.03. The molecule has 0 N–H and O–H groups in total. The van der Waals surface area contributed by atoms with Crippen molar-refractivity contribution in [2.24, 2.45) is 0 Å². The standard InChI is InChI=1S/C24H30O/c1-24(2,3)21-15-18-10-7-9-17(18)14-20(21)23-19-11-6-5-8-16(19)12-13-22(23)25-4/h12-15H,5-11H2,1-4H3. The number of hydrogen-bond donors (Lipinski definition) is 0. The zero-order valence-electron chi connectivity index (χ0n) is 16.2. The van der Waals surface area contributed by atoms with Gasteiger partial charge in [0.05, 0.1) is 7.11 Å². The highest BCUT2D eigenvalue weighted by molar-refractivity contribution is 5.80. The first-order chi connectivity index (χ1) is 12.0. The van der Waals surface area contributed by atoms with Crippen molar-refractivity contribution in [2.75, 3.05) is 7.11 Å². The Bertz CT molecular complexity index is 808. The topological polar surface area (TPSA) is 9.23 Å². The summed E-state index contributed by atoms with van der Waals surface area (Å²) in [6.07, 6.45) is 8.77. The summed E-state index contributed by atoms with van der Waals surface area (Å²) in [5.41, 5.74) is 10.6. The molecule has 0 heterocycles. The number of fused-ring (bicyclic) bond motifs is 2. The van der Waals surface area contributed by atoms with Gasteiger partial charge in [-0.2, -0.15) is 0 Å². The Labute approximate surface area is 152 Å². The molecule has 4 rings (SSSR count). The molecule has 0 amide bonds. The van der Waals surface area contributed by atoms with Crippen LogP contribution in [0.15, 0.2) is 24.3 Å². The van der Waals surface area contributed by atoms with E-state index in [2.05, 4.69) is 45.0 Å². The SMILES string of the molecule is COc1ccc2c(c1-c1cc3c(cc1C(C)(C)C)CCC3)CCCC2. The third kappa shape index (κ3) is 2.88. The van der Waals surface area contributed by atoms with Gasteiger partial charge in [0.25, 0.3) is 0 Å². The van der Waals surface area contributed by atoms with Gasteiger partial charge in [-0.1, -0.05) is 39.0 Å². The van der Waals surface area contributed by atoms with E-state index in [0.29, 0.717) is 0 Å². The molecule has 0 unspecified atom stereocenters. The molecule has 0 atom stereocenters. The minimum atomic E-state index is 0.134. The Hall–Kier alpha value is -1.76. The maximum absolute atomic E-state index is 5.85. The van der Waals surface area contributed by atoms with E-state index in [1.165, 1.54) is 72.8 Å². The van der Waals surface area contributed by atoms with Gasteiger partial charge >= 0.3 is 0 Å². The molecular formula is C24H30O. The van der Waals surface area contributed by atoms with Gasteiger partial charge in [-0.25, -0.2) is 0 Å². The van der Waals surface area contributed by atoms with Crippen LogP contribution >= 0.6 is 0 Å². The third-order valence-corrected chi connectivity index (χ3v) is 6.02. The van der Waals surface area contributed by atoms with Crippen molar-refractivity contribution < 1.29 is 4.74 Å². The lowest BCUT2D eigenvalue weighted by molar-refractivity contribution is 0.415. The lowest BCUT2D eigenvalue weighted by Gasteiger charge is -2.28. The number of aryl methyl sites for hydroxylation is 3. The second kappa shape index (κ2) is 6.20. The quantitative estimate of drug-likeness (QED) is 0.652. The van der Waals surface area contributed by atoms with Crippen molar-refractivity contribution in [1.29, 1.82) is 0 Å². The van der Waals surface area contributed by atoms with Crippen LogP contribution in [0.2, 0.25) is 0 Å². The largest absolute Gasteiger partial charge is 0.496 e. The summed E-state index contributed by atoms with van der Waals surface area (Å²) in [5.74, 6) is 1.05. The smallest absolute Gasteiger partial charge is 0.126 e. The fourth-order valence-corrected chi connectivity index (χ4v) is 4.72. The molecular weight excluding hydrogens is 304 g/mol. The fourth-order valence-electron chi connectivity index (χ4n) is 4.72. The van der Waals surface area contributed by atoms with Crippen LogP contribution in [0, 0.1) is 0 Å². The summed E-state index contributed by atoms with van der Waals surface area (Å²) < 4.78 is 5.85. The van der Waals surface area contributed by atoms with E-state index in [1.54, 1.807) is 11.1 Å². The van der Waals surface area contributed by atoms with Gasteiger partial charge in [0.2, 0.25) is 0 Å². The normalized spacial score (nSPS) is 16.5. The van der Waals surface area contributed by atoms with E-state index in [1.807, 2.05) is 7.11 Å². The second-order valence-electron chi connectivity index (χ2n) is 8.76. The molecule has 0 aromatic heterocycles. The fraction of sp³-hybridized carbons (Fsp3) is 0.500. The predicted molar refractivity (Wildman–Crippen MR) is 106 cm³/mol. The first kappa shape index (κ1) is 16.7. The number of benzene rings is 2. The maximum Gasteiger partial charge on any atom is 0.126 e. The van der Waals surface area contributed by atoms with Crippen molar-refractivity contribution in [3.05, 3.63) is 52.1 Å². The Morgan fingerprint density at radius 2 is 1.48 bits per heavy atom. The van der Waals surface area contributed by atoms with Crippen molar-refractivity contribution in [1.82, 2.24) is 0 Å². The van der Waals surface area contributed by atoms with Crippen LogP contribution < -0.4 is 4.74 Å². The Morgan fingerprint density at radius 3 is 2.20 bits per heavy atom. The third-order valence-electron chi connectivity index (χ3n) is 6.02. The molecule has 0 bridgehead atoms. The molecule has 0 spiro atoms. The van der Waals surface area contributed by atoms with Crippen molar-refractivity contribution >= 4 is 0 Å². The molecule has 2 aliphatic carbocycles. The number of rotatable bonds is 2. The van der Waals surface area contributed by atoms with Gasteiger partial charge in [-0.3, -0.25) is 0 Å². The number of hydrogen-bond acceptors (Lipinski definition) is 1. The van der Waals surface area contributed by atoms with Crippen LogP contribution in [-0.4, -0.2) is 7.11 Å². The molecule has 132 valence electrons. The summed E-state index contributed by atoms with van der Waals surface area (Å²) in [4.78, 5) is 0. The van der Waals surface area contributed by atoms with Gasteiger partial charge in [0.15, 0.2) is 0 Å². The number of ether oxygens (including phenoxy) is 1. The lowest BCUT2D eigenvalue weighted by atomic mass is 9.77. The van der Waals surface area contributed by atoms with Crippen LogP contribution in [0.4, 0.5) is 0 Å². The van der Waals surface area contributed by atoms with Crippen molar-refractivity contribution in [3.8, 4) is 16.9 Å². The molecule has 0 radical (unpaired) electrons. The van der Waals surface area contributed by atoms with Crippen LogP contribution in [-0.2, 0) is 31.1 Å². The lowest BCUT2D eigenvalue weighted by Crippen LogP contribution is -2.15. The zero-order chi connectivity index (χ0) is 17.6. The summed E-state index contributed by atoms with van der Waals surface area (Å²) in [6.45, 7) is 7.03. The first-order valence-corrected chi connectivity index (χ1v) is 9.84. The van der Waals surface area contributed by atoms with E-state index in [0.717, 1.165) is 5.75 Å². The van der Waals surface area contributed by atoms with E-state index < -0.39 is 0 Å². The van der Waals surface area contributed by atoms with E-state index in [-0.39, 0.29) is 5.41 Å². The molecule has 25 heavy (non-hydrogen) atoms. The summed E-state index contributed by atoms with van der Waals surface area (Å²) in [6, 6.07) is 9.48. The summed E-state index contributed by atoms with van der Waals surface area (Å²) in [5, 5.41) is 0. The Balaban J connectivity index is 2.02. The average Bonchev–Trinajstić information content (AvgIpc) is 3.06. The van der Waals surface area contributed by atoms with Crippen LogP contribution in [0.3, 0.4) is 0 Å². The molecule has 0 fully saturated rings. The maximum atomic E-state index is 5.85. The zero-order valence-corrected chi connectivity index (χ0v) is 16.2. The van der Waals surface area contributed by atoms with E-state index >= 15 is 0 Å². The molecule has 2 aromatic carbocycles. The van der Waals surface area contributed by atoms with Crippen LogP contribution in [0.1, 0.15) is 67.9 Å². The van der Waals surface area contributed by atoms with Gasteiger partial charge in [0, 0.05) is 5.56 Å². The number of methoxy groups -OCH3 is 1. The Morgan fingerprint density at radius 1 is 0.800 bits per heavy atom. The molecule has 2 aromatic rings. The van der Waals surface area contributed by atoms with Crippen LogP contribution in [0.25, 0.3) is 11.1 Å². The van der Waals surface area contributed by atoms with Crippen molar-refractivity contribution in [3.63, 3.8) is 0 Å². The van der Waals surface area contributed by atoms with Gasteiger partial charge < -0.3 is 4.74 Å². The molecule has 1 heteroatoms. The molecule has 1 nitrogen and oxygen atoms in total. The average molecular weight is 335 g/mol. The van der Waals surface area contributed by atoms with Gasteiger partial charge in [-0.15, -0.1) is 0 Å². The first-order valence-electron chi connectivity index (χ1n) is 9.84. The van der Waals surface area contributed by atoms with Crippen LogP contribution in [0.5, 0.6) is 5.75 Å². The highest BCUT2D eigenvalue weighted by atomic mass is 16.5. The minimum Gasteiger partial charge on any atom is -0.496 e. The van der Waals surface area contributed by atoms with E-state index in [9.17, 15) is 0 Å². The minimum absolute atomic E-state index is 0.134. The van der Waals surface area contributed by atoms with Gasteiger partial charge in [0.1, 0.15) is 5.75 Å². The molecule has 0 saturated heterocycles. The second-order valence-corrected chi connectivity index (χ2v) is 8.76. The highest BCUT2D eigenvalue weighted by Gasteiger charge is 2.27.